The lowest BCUT2D eigenvalue weighted by Crippen LogP contribution is -2.52. The van der Waals surface area contributed by atoms with E-state index in [-0.39, 0.29) is 24.0 Å². The quantitative estimate of drug-likeness (QED) is 0.366. The fourth-order valence-corrected chi connectivity index (χ4v) is 3.72. The third kappa shape index (κ3) is 6.60. The van der Waals surface area contributed by atoms with Crippen molar-refractivity contribution in [1.82, 2.24) is 15.1 Å². The predicted octanol–water partition coefficient (Wildman–Crippen LogP) is 3.81. The molecule has 1 atom stereocenters. The van der Waals surface area contributed by atoms with E-state index >= 15 is 0 Å². The highest BCUT2D eigenvalue weighted by molar-refractivity contribution is 14.0. The summed E-state index contributed by atoms with van der Waals surface area (Å²) in [4.78, 5) is 9.38. The molecular weight excluding hydrogens is 475 g/mol. The van der Waals surface area contributed by atoms with Gasteiger partial charge in [-0.15, -0.1) is 24.0 Å². The van der Waals surface area contributed by atoms with Crippen molar-refractivity contribution in [3.63, 3.8) is 0 Å². The number of hydrogen-bond acceptors (Lipinski definition) is 3. The minimum atomic E-state index is 0. The van der Waals surface area contributed by atoms with E-state index in [9.17, 15) is 0 Å². The first kappa shape index (κ1) is 23.5. The Morgan fingerprint density at radius 1 is 1.03 bits per heavy atom. The molecule has 3 rings (SSSR count). The summed E-state index contributed by atoms with van der Waals surface area (Å²) in [6, 6.07) is 18.9. The van der Waals surface area contributed by atoms with Crippen molar-refractivity contribution in [3.8, 4) is 5.75 Å². The van der Waals surface area contributed by atoms with E-state index in [2.05, 4.69) is 69.5 Å². The van der Waals surface area contributed by atoms with Crippen LogP contribution in [0.15, 0.2) is 59.6 Å². The molecule has 1 N–H and O–H groups in total. The zero-order valence-electron chi connectivity index (χ0n) is 17.7. The average Bonchev–Trinajstić information content (AvgIpc) is 2.75. The molecule has 0 saturated carbocycles. The molecule has 1 saturated heterocycles. The van der Waals surface area contributed by atoms with Gasteiger partial charge in [-0.05, 0) is 17.2 Å². The molecular formula is C23H33IN4O. The van der Waals surface area contributed by atoms with Crippen molar-refractivity contribution in [2.24, 2.45) is 4.99 Å². The molecule has 1 aliphatic heterocycles. The largest absolute Gasteiger partial charge is 0.496 e. The number of ether oxygens (including phenoxy) is 1. The van der Waals surface area contributed by atoms with Crippen LogP contribution in [0.2, 0.25) is 0 Å². The number of methoxy groups -OCH3 is 1. The molecule has 2 aromatic rings. The molecule has 2 aromatic carbocycles. The third-order valence-electron chi connectivity index (χ3n) is 5.37. The molecule has 6 heteroatoms. The van der Waals surface area contributed by atoms with Crippen LogP contribution in [0.4, 0.5) is 0 Å². The lowest BCUT2D eigenvalue weighted by atomic mass is 10.0. The summed E-state index contributed by atoms with van der Waals surface area (Å²) in [5.74, 6) is 2.27. The first-order chi connectivity index (χ1) is 13.7. The number of nitrogens with zero attached hydrogens (tertiary/aromatic N) is 3. The highest BCUT2D eigenvalue weighted by Gasteiger charge is 2.20. The van der Waals surface area contributed by atoms with E-state index in [1.54, 1.807) is 7.11 Å². The summed E-state index contributed by atoms with van der Waals surface area (Å²) in [6.07, 6.45) is 0. The van der Waals surface area contributed by atoms with E-state index in [1.807, 2.05) is 19.2 Å². The van der Waals surface area contributed by atoms with Crippen LogP contribution >= 0.6 is 24.0 Å². The number of aliphatic imine (C=N–C) groups is 1. The second-order valence-electron chi connectivity index (χ2n) is 7.32. The molecule has 0 amide bonds. The van der Waals surface area contributed by atoms with Crippen LogP contribution in [0.3, 0.4) is 0 Å². The Kier molecular flexibility index (Phi) is 9.73. The summed E-state index contributed by atoms with van der Waals surface area (Å²) in [7, 11) is 3.60. The van der Waals surface area contributed by atoms with Crippen molar-refractivity contribution < 1.29 is 4.74 Å². The van der Waals surface area contributed by atoms with Gasteiger partial charge in [0.2, 0.25) is 0 Å². The lowest BCUT2D eigenvalue weighted by Gasteiger charge is -2.36. The summed E-state index contributed by atoms with van der Waals surface area (Å²) >= 11 is 0. The van der Waals surface area contributed by atoms with Crippen LogP contribution in [0.25, 0.3) is 0 Å². The Morgan fingerprint density at radius 3 is 2.34 bits per heavy atom. The highest BCUT2D eigenvalue weighted by Crippen LogP contribution is 2.25. The van der Waals surface area contributed by atoms with Gasteiger partial charge >= 0.3 is 0 Å². The molecule has 0 bridgehead atoms. The molecule has 1 aliphatic rings. The van der Waals surface area contributed by atoms with Gasteiger partial charge in [0, 0.05) is 52.2 Å². The van der Waals surface area contributed by atoms with Gasteiger partial charge in [-0.3, -0.25) is 9.89 Å². The molecule has 0 aromatic heterocycles. The monoisotopic (exact) mass is 508 g/mol. The summed E-state index contributed by atoms with van der Waals surface area (Å²) < 4.78 is 5.50. The second-order valence-corrected chi connectivity index (χ2v) is 7.32. The first-order valence-electron chi connectivity index (χ1n) is 10.1. The second kappa shape index (κ2) is 12.0. The number of nitrogens with one attached hydrogen (secondary N) is 1. The molecule has 0 radical (unpaired) electrons. The first-order valence-corrected chi connectivity index (χ1v) is 10.1. The van der Waals surface area contributed by atoms with Gasteiger partial charge in [0.1, 0.15) is 5.75 Å². The Labute approximate surface area is 192 Å². The maximum Gasteiger partial charge on any atom is 0.193 e. The number of hydrogen-bond donors (Lipinski definition) is 1. The molecule has 1 fully saturated rings. The average molecular weight is 508 g/mol. The number of guanidine groups is 1. The number of piperazine rings is 1. The SMILES string of the molecule is CN=C(NCC(C)c1ccccc1OC)N1CCN(Cc2ccccc2)CC1.I. The van der Waals surface area contributed by atoms with E-state index in [0.717, 1.165) is 51.0 Å². The van der Waals surface area contributed by atoms with Crippen LogP contribution in [0.5, 0.6) is 5.75 Å². The Bertz CT molecular complexity index is 760. The molecule has 1 heterocycles. The van der Waals surface area contributed by atoms with E-state index in [4.69, 9.17) is 4.74 Å². The summed E-state index contributed by atoms with van der Waals surface area (Å²) in [5.41, 5.74) is 2.60. The molecule has 1 unspecified atom stereocenters. The van der Waals surface area contributed by atoms with Crippen LogP contribution in [0.1, 0.15) is 24.0 Å². The molecule has 158 valence electrons. The molecule has 0 spiro atoms. The van der Waals surface area contributed by atoms with Crippen LogP contribution in [-0.2, 0) is 6.54 Å². The number of rotatable bonds is 6. The predicted molar refractivity (Wildman–Crippen MR) is 131 cm³/mol. The lowest BCUT2D eigenvalue weighted by molar-refractivity contribution is 0.172. The van der Waals surface area contributed by atoms with Crippen molar-refractivity contribution >= 4 is 29.9 Å². The normalized spacial score (nSPS) is 16.1. The van der Waals surface area contributed by atoms with Crippen LogP contribution in [-0.4, -0.2) is 62.6 Å². The van der Waals surface area contributed by atoms with Gasteiger partial charge in [0.15, 0.2) is 5.96 Å². The Morgan fingerprint density at radius 2 is 1.69 bits per heavy atom. The van der Waals surface area contributed by atoms with Crippen molar-refractivity contribution in [2.45, 2.75) is 19.4 Å². The number of para-hydroxylation sites is 1. The maximum atomic E-state index is 5.50. The van der Waals surface area contributed by atoms with Gasteiger partial charge in [-0.2, -0.15) is 0 Å². The van der Waals surface area contributed by atoms with Crippen LogP contribution < -0.4 is 10.1 Å². The Hall–Kier alpha value is -1.80. The molecule has 29 heavy (non-hydrogen) atoms. The topological polar surface area (TPSA) is 40.1 Å². The van der Waals surface area contributed by atoms with E-state index in [0.29, 0.717) is 5.92 Å². The number of halogens is 1. The van der Waals surface area contributed by atoms with Gasteiger partial charge in [0.25, 0.3) is 0 Å². The fraction of sp³-hybridized carbons (Fsp3) is 0.435. The van der Waals surface area contributed by atoms with Gasteiger partial charge in [-0.1, -0.05) is 55.5 Å². The number of benzene rings is 2. The van der Waals surface area contributed by atoms with Crippen molar-refractivity contribution in [1.29, 1.82) is 0 Å². The maximum absolute atomic E-state index is 5.50. The molecule has 5 nitrogen and oxygen atoms in total. The van der Waals surface area contributed by atoms with Crippen molar-refractivity contribution in [3.05, 3.63) is 65.7 Å². The fourth-order valence-electron chi connectivity index (χ4n) is 3.72. The van der Waals surface area contributed by atoms with Gasteiger partial charge in [-0.25, -0.2) is 0 Å². The molecule has 0 aliphatic carbocycles. The third-order valence-corrected chi connectivity index (χ3v) is 5.37. The zero-order chi connectivity index (χ0) is 19.8. The smallest absolute Gasteiger partial charge is 0.193 e. The van der Waals surface area contributed by atoms with Crippen LogP contribution in [0, 0.1) is 0 Å². The van der Waals surface area contributed by atoms with E-state index in [1.165, 1.54) is 11.1 Å². The summed E-state index contributed by atoms with van der Waals surface area (Å²) in [6.45, 7) is 8.17. The minimum absolute atomic E-state index is 0. The standard InChI is InChI=1S/C23H32N4O.HI/c1-19(21-11-7-8-12-22(21)28-3)17-25-23(24-2)27-15-13-26(14-16-27)18-20-9-5-4-6-10-20;/h4-12,19H,13-18H2,1-3H3,(H,24,25);1H. The minimum Gasteiger partial charge on any atom is -0.496 e. The highest BCUT2D eigenvalue weighted by atomic mass is 127. The van der Waals surface area contributed by atoms with Crippen molar-refractivity contribution in [2.75, 3.05) is 46.9 Å². The van der Waals surface area contributed by atoms with Gasteiger partial charge < -0.3 is 15.0 Å². The Balaban J connectivity index is 0.00000300. The summed E-state index contributed by atoms with van der Waals surface area (Å²) in [5, 5.41) is 3.56. The van der Waals surface area contributed by atoms with Gasteiger partial charge in [0.05, 0.1) is 7.11 Å². The van der Waals surface area contributed by atoms with E-state index < -0.39 is 0 Å². The zero-order valence-corrected chi connectivity index (χ0v) is 20.0.